The molecule has 5 heteroatoms. The molecule has 1 aromatic heterocycles. The number of amides is 1. The van der Waals surface area contributed by atoms with Gasteiger partial charge < -0.3 is 10.3 Å². The molecule has 72 valence electrons. The van der Waals surface area contributed by atoms with Crippen molar-refractivity contribution in [3.05, 3.63) is 18.2 Å². The number of thioether (sulfide) groups is 1. The number of hydrogen-bond donors (Lipinski definition) is 2. The van der Waals surface area contributed by atoms with Crippen LogP contribution in [-0.4, -0.2) is 27.9 Å². The highest BCUT2D eigenvalue weighted by Crippen LogP contribution is 1.95. The van der Waals surface area contributed by atoms with E-state index in [1.54, 1.807) is 24.3 Å². The molecule has 0 fully saturated rings. The molecule has 0 aromatic carbocycles. The van der Waals surface area contributed by atoms with Crippen LogP contribution in [0.25, 0.3) is 0 Å². The summed E-state index contributed by atoms with van der Waals surface area (Å²) in [6, 6.07) is 0. The van der Waals surface area contributed by atoms with E-state index in [-0.39, 0.29) is 5.91 Å². The Morgan fingerprint density at radius 2 is 2.62 bits per heavy atom. The fraction of sp³-hybridized carbons (Fsp3) is 0.500. The van der Waals surface area contributed by atoms with Gasteiger partial charge in [-0.05, 0) is 6.26 Å². The number of nitrogens with one attached hydrogen (secondary N) is 2. The molecule has 2 N–H and O–H groups in total. The highest BCUT2D eigenvalue weighted by Gasteiger charge is 2.00. The molecule has 0 unspecified atom stereocenters. The molecule has 1 aromatic rings. The minimum Gasteiger partial charge on any atom is -0.350 e. The first-order valence-corrected chi connectivity index (χ1v) is 5.45. The summed E-state index contributed by atoms with van der Waals surface area (Å²) in [5.74, 6) is 0.957. The predicted molar refractivity (Wildman–Crippen MR) is 53.4 cm³/mol. The predicted octanol–water partition coefficient (Wildman–Crippen LogP) is 0.779. The number of H-pyrrole nitrogens is 1. The largest absolute Gasteiger partial charge is 0.350 e. The minimum atomic E-state index is 0.0870. The first-order valence-electron chi connectivity index (χ1n) is 4.06. The normalized spacial score (nSPS) is 9.92. The van der Waals surface area contributed by atoms with Gasteiger partial charge in [0.2, 0.25) is 5.91 Å². The van der Waals surface area contributed by atoms with Gasteiger partial charge >= 0.3 is 0 Å². The highest BCUT2D eigenvalue weighted by atomic mass is 32.2. The maximum atomic E-state index is 11.1. The molecule has 13 heavy (non-hydrogen) atoms. The number of carbonyl (C=O) groups is 1. The smallest absolute Gasteiger partial charge is 0.221 e. The van der Waals surface area contributed by atoms with Crippen molar-refractivity contribution in [3.63, 3.8) is 0 Å². The van der Waals surface area contributed by atoms with Gasteiger partial charge in [0.1, 0.15) is 0 Å². The number of rotatable bonds is 5. The lowest BCUT2D eigenvalue weighted by atomic mass is 10.4. The van der Waals surface area contributed by atoms with E-state index in [0.29, 0.717) is 13.0 Å². The summed E-state index contributed by atoms with van der Waals surface area (Å²) in [6.45, 7) is 0.535. The zero-order chi connectivity index (χ0) is 9.52. The fourth-order valence-electron chi connectivity index (χ4n) is 0.858. The van der Waals surface area contributed by atoms with Gasteiger partial charge in [-0.1, -0.05) is 0 Å². The molecule has 0 aliphatic carbocycles. The van der Waals surface area contributed by atoms with E-state index in [0.717, 1.165) is 11.4 Å². The number of aromatic amines is 1. The van der Waals surface area contributed by atoms with Crippen LogP contribution in [0.4, 0.5) is 0 Å². The Labute approximate surface area is 81.5 Å². The molecule has 0 bridgehead atoms. The van der Waals surface area contributed by atoms with Crippen molar-refractivity contribution in [1.82, 2.24) is 15.3 Å². The van der Waals surface area contributed by atoms with Gasteiger partial charge in [-0.2, -0.15) is 11.8 Å². The molecule has 0 spiro atoms. The van der Waals surface area contributed by atoms with Crippen molar-refractivity contribution >= 4 is 17.7 Å². The number of hydrogen-bond acceptors (Lipinski definition) is 3. The third-order valence-corrected chi connectivity index (χ3v) is 2.18. The van der Waals surface area contributed by atoms with Gasteiger partial charge in [-0.3, -0.25) is 4.79 Å². The Balaban J connectivity index is 2.15. The maximum absolute atomic E-state index is 11.1. The third-order valence-electron chi connectivity index (χ3n) is 1.56. The zero-order valence-electron chi connectivity index (χ0n) is 7.54. The average Bonchev–Trinajstić information content (AvgIpc) is 2.64. The average molecular weight is 199 g/mol. The van der Waals surface area contributed by atoms with Crippen molar-refractivity contribution in [2.24, 2.45) is 0 Å². The zero-order valence-corrected chi connectivity index (χ0v) is 8.36. The summed E-state index contributed by atoms with van der Waals surface area (Å²) < 4.78 is 0. The van der Waals surface area contributed by atoms with Crippen molar-refractivity contribution in [3.8, 4) is 0 Å². The Morgan fingerprint density at radius 3 is 3.23 bits per heavy atom. The van der Waals surface area contributed by atoms with Gasteiger partial charge in [-0.25, -0.2) is 4.98 Å². The van der Waals surface area contributed by atoms with Crippen LogP contribution >= 0.6 is 11.8 Å². The molecule has 1 amide bonds. The first-order chi connectivity index (χ1) is 6.33. The van der Waals surface area contributed by atoms with Crippen LogP contribution in [0.3, 0.4) is 0 Å². The number of nitrogens with zero attached hydrogens (tertiary/aromatic N) is 1. The van der Waals surface area contributed by atoms with Crippen LogP contribution in [0.1, 0.15) is 12.1 Å². The first kappa shape index (κ1) is 10.1. The molecule has 0 aliphatic rings. The summed E-state index contributed by atoms with van der Waals surface area (Å²) in [7, 11) is 0. The van der Waals surface area contributed by atoms with E-state index in [1.807, 2.05) is 6.26 Å². The molecular weight excluding hydrogens is 186 g/mol. The van der Waals surface area contributed by atoms with Gasteiger partial charge in [-0.15, -0.1) is 0 Å². The minimum absolute atomic E-state index is 0.0870. The standard InChI is InChI=1S/C8H13N3OS/c1-13-3-2-8(12)10-5-7-4-9-6-11-7/h4,6H,2-3,5H2,1H3,(H,9,11)(H,10,12). The summed E-state index contributed by atoms with van der Waals surface area (Å²) in [4.78, 5) is 17.9. The monoisotopic (exact) mass is 199 g/mol. The van der Waals surface area contributed by atoms with E-state index in [2.05, 4.69) is 15.3 Å². The van der Waals surface area contributed by atoms with Gasteiger partial charge in [0.15, 0.2) is 0 Å². The SMILES string of the molecule is CSCCC(=O)NCc1cnc[nH]1. The van der Waals surface area contributed by atoms with Gasteiger partial charge in [0, 0.05) is 18.4 Å². The van der Waals surface area contributed by atoms with E-state index in [1.165, 1.54) is 0 Å². The summed E-state index contributed by atoms with van der Waals surface area (Å²) in [5.41, 5.74) is 0.928. The number of aromatic nitrogens is 2. The second kappa shape index (κ2) is 5.64. The van der Waals surface area contributed by atoms with E-state index < -0.39 is 0 Å². The van der Waals surface area contributed by atoms with Crippen molar-refractivity contribution in [1.29, 1.82) is 0 Å². The maximum Gasteiger partial charge on any atom is 0.221 e. The quantitative estimate of drug-likeness (QED) is 0.736. The molecular formula is C8H13N3OS. The second-order valence-electron chi connectivity index (χ2n) is 2.60. The number of carbonyl (C=O) groups excluding carboxylic acids is 1. The highest BCUT2D eigenvalue weighted by molar-refractivity contribution is 7.98. The second-order valence-corrected chi connectivity index (χ2v) is 3.58. The van der Waals surface area contributed by atoms with E-state index >= 15 is 0 Å². The lowest BCUT2D eigenvalue weighted by Crippen LogP contribution is -2.23. The molecule has 0 saturated carbocycles. The summed E-state index contributed by atoms with van der Waals surface area (Å²) >= 11 is 1.67. The topological polar surface area (TPSA) is 57.8 Å². The van der Waals surface area contributed by atoms with Crippen LogP contribution in [-0.2, 0) is 11.3 Å². The Hall–Kier alpha value is -0.970. The van der Waals surface area contributed by atoms with Crippen LogP contribution in [0, 0.1) is 0 Å². The molecule has 1 heterocycles. The molecule has 0 saturated heterocycles. The van der Waals surface area contributed by atoms with Crippen LogP contribution in [0.2, 0.25) is 0 Å². The number of imidazole rings is 1. The molecule has 0 aliphatic heterocycles. The van der Waals surface area contributed by atoms with Crippen molar-refractivity contribution in [2.45, 2.75) is 13.0 Å². The van der Waals surface area contributed by atoms with E-state index in [4.69, 9.17) is 0 Å². The van der Waals surface area contributed by atoms with Crippen LogP contribution in [0.15, 0.2) is 12.5 Å². The van der Waals surface area contributed by atoms with Gasteiger partial charge in [0.05, 0.1) is 18.6 Å². The van der Waals surface area contributed by atoms with Crippen LogP contribution < -0.4 is 5.32 Å². The molecule has 1 rings (SSSR count). The lowest BCUT2D eigenvalue weighted by Gasteiger charge is -2.01. The molecule has 0 atom stereocenters. The Kier molecular flexibility index (Phi) is 4.39. The molecule has 0 radical (unpaired) electrons. The summed E-state index contributed by atoms with van der Waals surface area (Å²) in [6.07, 6.45) is 5.87. The fourth-order valence-corrected chi connectivity index (χ4v) is 1.25. The Morgan fingerprint density at radius 1 is 1.77 bits per heavy atom. The van der Waals surface area contributed by atoms with E-state index in [9.17, 15) is 4.79 Å². The molecule has 4 nitrogen and oxygen atoms in total. The third kappa shape index (κ3) is 3.98. The lowest BCUT2D eigenvalue weighted by molar-refractivity contribution is -0.120. The van der Waals surface area contributed by atoms with Crippen LogP contribution in [0.5, 0.6) is 0 Å². The van der Waals surface area contributed by atoms with Crippen molar-refractivity contribution in [2.75, 3.05) is 12.0 Å². The van der Waals surface area contributed by atoms with Crippen molar-refractivity contribution < 1.29 is 4.79 Å². The Bertz CT molecular complexity index is 248. The van der Waals surface area contributed by atoms with Gasteiger partial charge in [0.25, 0.3) is 0 Å². The summed E-state index contributed by atoms with van der Waals surface area (Å²) in [5, 5.41) is 2.80.